The second-order valence-electron chi connectivity index (χ2n) is 5.26. The highest BCUT2D eigenvalue weighted by Gasteiger charge is 2.07. The Morgan fingerprint density at radius 3 is 1.92 bits per heavy atom. The lowest BCUT2D eigenvalue weighted by atomic mass is 10.1. The summed E-state index contributed by atoms with van der Waals surface area (Å²) >= 11 is 4.83. The van der Waals surface area contributed by atoms with E-state index in [-0.39, 0.29) is 0 Å². The number of aromatic carboxylic acids is 1. The smallest absolute Gasteiger partial charge is 0.335 e. The molecule has 0 unspecified atom stereocenters. The Morgan fingerprint density at radius 1 is 0.962 bits per heavy atom. The zero-order chi connectivity index (χ0) is 18.4. The van der Waals surface area contributed by atoms with Crippen LogP contribution < -0.4 is 4.74 Å². The number of hydrogen-bond acceptors (Lipinski definition) is 7. The van der Waals surface area contributed by atoms with Gasteiger partial charge in [-0.3, -0.25) is 0 Å². The molecule has 8 heteroatoms. The van der Waals surface area contributed by atoms with E-state index in [0.717, 1.165) is 31.5 Å². The molecule has 0 radical (unpaired) electrons. The molecule has 2 aromatic carbocycles. The van der Waals surface area contributed by atoms with Crippen molar-refractivity contribution in [3.05, 3.63) is 65.2 Å². The van der Waals surface area contributed by atoms with Gasteiger partial charge in [0, 0.05) is 11.5 Å². The lowest BCUT2D eigenvalue weighted by Gasteiger charge is -2.01. The fourth-order valence-corrected chi connectivity index (χ4v) is 5.00. The Kier molecular flexibility index (Phi) is 6.54. The van der Waals surface area contributed by atoms with Gasteiger partial charge in [-0.1, -0.05) is 59.1 Å². The topological polar surface area (TPSA) is 72.3 Å². The molecule has 0 aliphatic rings. The molecule has 0 amide bonds. The van der Waals surface area contributed by atoms with E-state index >= 15 is 0 Å². The van der Waals surface area contributed by atoms with Crippen LogP contribution in [0.4, 0.5) is 0 Å². The average molecular weight is 405 g/mol. The summed E-state index contributed by atoms with van der Waals surface area (Å²) < 4.78 is 7.00. The number of ether oxygens (including phenoxy) is 1. The molecular formula is C18H16N2O3S3. The van der Waals surface area contributed by atoms with Crippen LogP contribution in [0.2, 0.25) is 0 Å². The zero-order valence-electron chi connectivity index (χ0n) is 13.9. The zero-order valence-corrected chi connectivity index (χ0v) is 16.4. The summed E-state index contributed by atoms with van der Waals surface area (Å²) in [5, 5.41) is 17.4. The van der Waals surface area contributed by atoms with Gasteiger partial charge in [0.2, 0.25) is 0 Å². The summed E-state index contributed by atoms with van der Waals surface area (Å²) in [5.41, 5.74) is 2.56. The number of aromatic nitrogens is 2. The molecule has 26 heavy (non-hydrogen) atoms. The molecule has 0 bridgehead atoms. The third-order valence-corrected chi connectivity index (χ3v) is 6.80. The van der Waals surface area contributed by atoms with Crippen LogP contribution in [0.3, 0.4) is 0 Å². The van der Waals surface area contributed by atoms with Crippen molar-refractivity contribution in [3.63, 3.8) is 0 Å². The largest absolute Gasteiger partial charge is 0.497 e. The molecule has 0 spiro atoms. The molecule has 1 N–H and O–H groups in total. The summed E-state index contributed by atoms with van der Waals surface area (Å²) in [7, 11) is 1.66. The van der Waals surface area contributed by atoms with Crippen LogP contribution in [-0.2, 0) is 11.5 Å². The third kappa shape index (κ3) is 5.23. The minimum atomic E-state index is -0.910. The number of hydrogen-bond donors (Lipinski definition) is 1. The Balaban J connectivity index is 1.50. The van der Waals surface area contributed by atoms with Crippen molar-refractivity contribution in [1.29, 1.82) is 0 Å². The molecular weight excluding hydrogens is 388 g/mol. The van der Waals surface area contributed by atoms with E-state index in [0.29, 0.717) is 5.56 Å². The molecule has 0 saturated carbocycles. The molecule has 5 nitrogen and oxygen atoms in total. The second-order valence-corrected chi connectivity index (χ2v) is 8.68. The normalized spacial score (nSPS) is 10.7. The van der Waals surface area contributed by atoms with Crippen LogP contribution >= 0.6 is 34.9 Å². The molecule has 0 atom stereocenters. The van der Waals surface area contributed by atoms with Crippen molar-refractivity contribution in [2.75, 3.05) is 7.11 Å². The van der Waals surface area contributed by atoms with Crippen LogP contribution in [0.5, 0.6) is 5.75 Å². The van der Waals surface area contributed by atoms with Crippen molar-refractivity contribution >= 4 is 40.8 Å². The summed E-state index contributed by atoms with van der Waals surface area (Å²) in [5.74, 6) is 1.51. The number of methoxy groups -OCH3 is 1. The van der Waals surface area contributed by atoms with E-state index in [1.807, 2.05) is 36.4 Å². The fraction of sp³-hybridized carbons (Fsp3) is 0.167. The molecule has 134 valence electrons. The third-order valence-electron chi connectivity index (χ3n) is 3.47. The van der Waals surface area contributed by atoms with Gasteiger partial charge in [0.1, 0.15) is 5.75 Å². The maximum absolute atomic E-state index is 10.9. The van der Waals surface area contributed by atoms with Gasteiger partial charge in [0.15, 0.2) is 8.68 Å². The lowest BCUT2D eigenvalue weighted by Crippen LogP contribution is -1.95. The van der Waals surface area contributed by atoms with Crippen molar-refractivity contribution in [2.45, 2.75) is 20.2 Å². The summed E-state index contributed by atoms with van der Waals surface area (Å²) in [6.45, 7) is 0. The Morgan fingerprint density at radius 2 is 1.46 bits per heavy atom. The highest BCUT2D eigenvalue weighted by atomic mass is 32.2. The van der Waals surface area contributed by atoms with Crippen LogP contribution in [0.15, 0.2) is 57.2 Å². The van der Waals surface area contributed by atoms with E-state index < -0.39 is 5.97 Å². The van der Waals surface area contributed by atoms with Crippen LogP contribution in [0.25, 0.3) is 0 Å². The first-order valence-electron chi connectivity index (χ1n) is 7.68. The van der Waals surface area contributed by atoms with E-state index in [4.69, 9.17) is 9.84 Å². The molecule has 0 saturated heterocycles. The van der Waals surface area contributed by atoms with Crippen LogP contribution in [0.1, 0.15) is 21.5 Å². The second kappa shape index (κ2) is 9.07. The first-order chi connectivity index (χ1) is 12.6. The van der Waals surface area contributed by atoms with E-state index in [1.165, 1.54) is 5.56 Å². The molecule has 3 aromatic rings. The standard InChI is InChI=1S/C18H16N2O3S3/c1-23-15-8-4-13(5-9-15)11-25-18-20-19-17(26-18)24-10-12-2-6-14(7-3-12)16(21)22/h2-9H,10-11H2,1H3,(H,21,22). The quantitative estimate of drug-likeness (QED) is 0.539. The number of carboxylic acid groups (broad SMARTS) is 1. The summed E-state index contributed by atoms with van der Waals surface area (Å²) in [4.78, 5) is 10.9. The molecule has 0 aliphatic carbocycles. The molecule has 1 heterocycles. The maximum atomic E-state index is 10.9. The van der Waals surface area contributed by atoms with E-state index in [9.17, 15) is 4.79 Å². The van der Waals surface area contributed by atoms with Crippen molar-refractivity contribution in [1.82, 2.24) is 10.2 Å². The number of nitrogens with zero attached hydrogens (tertiary/aromatic N) is 2. The van der Waals surface area contributed by atoms with Gasteiger partial charge < -0.3 is 9.84 Å². The summed E-state index contributed by atoms with van der Waals surface area (Å²) in [6.07, 6.45) is 0. The monoisotopic (exact) mass is 404 g/mol. The highest BCUT2D eigenvalue weighted by molar-refractivity contribution is 8.02. The van der Waals surface area contributed by atoms with Gasteiger partial charge in [0.25, 0.3) is 0 Å². The summed E-state index contributed by atoms with van der Waals surface area (Å²) in [6, 6.07) is 14.9. The number of benzene rings is 2. The van der Waals surface area contributed by atoms with Gasteiger partial charge in [-0.2, -0.15) is 0 Å². The van der Waals surface area contributed by atoms with Gasteiger partial charge >= 0.3 is 5.97 Å². The highest BCUT2D eigenvalue weighted by Crippen LogP contribution is 2.32. The fourth-order valence-electron chi connectivity index (χ4n) is 2.07. The predicted octanol–water partition coefficient (Wildman–Crippen LogP) is 4.83. The van der Waals surface area contributed by atoms with Crippen LogP contribution in [0, 0.1) is 0 Å². The molecule has 1 aromatic heterocycles. The van der Waals surface area contributed by atoms with Crippen molar-refractivity contribution in [2.24, 2.45) is 0 Å². The van der Waals surface area contributed by atoms with Gasteiger partial charge in [0.05, 0.1) is 12.7 Å². The van der Waals surface area contributed by atoms with Gasteiger partial charge in [-0.15, -0.1) is 10.2 Å². The number of thioether (sulfide) groups is 2. The predicted molar refractivity (Wildman–Crippen MR) is 105 cm³/mol. The van der Waals surface area contributed by atoms with Crippen LogP contribution in [-0.4, -0.2) is 28.4 Å². The number of carbonyl (C=O) groups is 1. The van der Waals surface area contributed by atoms with Gasteiger partial charge in [-0.05, 0) is 35.4 Å². The Labute approximate surface area is 163 Å². The maximum Gasteiger partial charge on any atom is 0.335 e. The first kappa shape index (κ1) is 18.8. The number of rotatable bonds is 8. The Bertz CT molecular complexity index is 864. The first-order valence-corrected chi connectivity index (χ1v) is 10.5. The average Bonchev–Trinajstić information content (AvgIpc) is 3.13. The van der Waals surface area contributed by atoms with Gasteiger partial charge in [-0.25, -0.2) is 4.79 Å². The molecule has 0 aliphatic heterocycles. The van der Waals surface area contributed by atoms with Crippen molar-refractivity contribution in [3.8, 4) is 5.75 Å². The minimum Gasteiger partial charge on any atom is -0.497 e. The minimum absolute atomic E-state index is 0.298. The Hall–Kier alpha value is -2.03. The molecule has 0 fully saturated rings. The van der Waals surface area contributed by atoms with Crippen molar-refractivity contribution < 1.29 is 14.6 Å². The molecule has 3 rings (SSSR count). The SMILES string of the molecule is COc1ccc(CSc2nnc(SCc3ccc(C(=O)O)cc3)s2)cc1. The number of carboxylic acids is 1. The van der Waals surface area contributed by atoms with E-state index in [2.05, 4.69) is 10.2 Å². The lowest BCUT2D eigenvalue weighted by molar-refractivity contribution is 0.0697. The van der Waals surface area contributed by atoms with E-state index in [1.54, 1.807) is 54.1 Å².